The predicted octanol–water partition coefficient (Wildman–Crippen LogP) is 0.592. The van der Waals surface area contributed by atoms with Gasteiger partial charge >= 0.3 is 5.97 Å². The van der Waals surface area contributed by atoms with Gasteiger partial charge in [-0.1, -0.05) is 0 Å². The molecule has 17 heavy (non-hydrogen) atoms. The van der Waals surface area contributed by atoms with Gasteiger partial charge in [-0.25, -0.2) is 0 Å². The first kappa shape index (κ1) is 11.6. The average molecular weight is 237 g/mol. The Hall–Kier alpha value is -1.85. The van der Waals surface area contributed by atoms with Crippen molar-refractivity contribution in [2.75, 3.05) is 6.54 Å². The lowest BCUT2D eigenvalue weighted by Crippen LogP contribution is -2.37. The van der Waals surface area contributed by atoms with Crippen LogP contribution in [-0.2, 0) is 11.3 Å². The van der Waals surface area contributed by atoms with E-state index in [9.17, 15) is 9.59 Å². The van der Waals surface area contributed by atoms with Gasteiger partial charge in [0.25, 0.3) is 5.91 Å². The number of rotatable bonds is 5. The highest BCUT2D eigenvalue weighted by molar-refractivity contribution is 5.95. The van der Waals surface area contributed by atoms with E-state index < -0.39 is 5.97 Å². The molecule has 6 nitrogen and oxygen atoms in total. The van der Waals surface area contributed by atoms with Crippen LogP contribution in [0, 0.1) is 0 Å². The van der Waals surface area contributed by atoms with Crippen molar-refractivity contribution in [2.24, 2.45) is 0 Å². The number of aromatic nitrogens is 2. The van der Waals surface area contributed by atoms with E-state index in [1.165, 1.54) is 11.1 Å². The monoisotopic (exact) mass is 237 g/mol. The molecule has 1 aliphatic rings. The van der Waals surface area contributed by atoms with E-state index in [1.807, 2.05) is 6.92 Å². The highest BCUT2D eigenvalue weighted by atomic mass is 16.4. The van der Waals surface area contributed by atoms with Crippen LogP contribution in [0.25, 0.3) is 0 Å². The number of aryl methyl sites for hydroxylation is 1. The summed E-state index contributed by atoms with van der Waals surface area (Å²) in [4.78, 5) is 24.2. The summed E-state index contributed by atoms with van der Waals surface area (Å²) in [5.41, 5.74) is 0.458. The number of hydrogen-bond donors (Lipinski definition) is 1. The molecule has 1 amide bonds. The summed E-state index contributed by atoms with van der Waals surface area (Å²) < 4.78 is 1.65. The summed E-state index contributed by atoms with van der Waals surface area (Å²) in [5, 5.41) is 12.8. The number of carbonyl (C=O) groups is 2. The zero-order valence-corrected chi connectivity index (χ0v) is 9.67. The lowest BCUT2D eigenvalue weighted by Gasteiger charge is -2.19. The summed E-state index contributed by atoms with van der Waals surface area (Å²) in [6.07, 6.45) is 4.92. The Balaban J connectivity index is 2.12. The molecule has 92 valence electrons. The molecule has 0 atom stereocenters. The minimum absolute atomic E-state index is 0.0866. The molecular formula is C11H15N3O3. The van der Waals surface area contributed by atoms with Gasteiger partial charge in [-0.3, -0.25) is 14.3 Å². The van der Waals surface area contributed by atoms with Crippen molar-refractivity contribution in [1.82, 2.24) is 14.7 Å². The minimum atomic E-state index is -0.979. The Morgan fingerprint density at radius 2 is 2.29 bits per heavy atom. The molecular weight excluding hydrogens is 222 g/mol. The zero-order valence-electron chi connectivity index (χ0n) is 9.67. The summed E-state index contributed by atoms with van der Waals surface area (Å²) in [6, 6.07) is 0.0866. The Morgan fingerprint density at radius 3 is 2.76 bits per heavy atom. The molecule has 2 rings (SSSR count). The van der Waals surface area contributed by atoms with Gasteiger partial charge in [0.15, 0.2) is 0 Å². The molecule has 0 saturated heterocycles. The molecule has 1 saturated carbocycles. The fourth-order valence-electron chi connectivity index (χ4n) is 1.71. The number of nitrogens with zero attached hydrogens (tertiary/aromatic N) is 3. The fraction of sp³-hybridized carbons (Fsp3) is 0.545. The molecule has 0 aliphatic heterocycles. The van der Waals surface area contributed by atoms with E-state index in [4.69, 9.17) is 5.11 Å². The number of hydrogen-bond acceptors (Lipinski definition) is 3. The third-order valence-corrected chi connectivity index (χ3v) is 2.76. The van der Waals surface area contributed by atoms with Crippen molar-refractivity contribution in [1.29, 1.82) is 0 Å². The highest BCUT2D eigenvalue weighted by Gasteiger charge is 2.34. The summed E-state index contributed by atoms with van der Waals surface area (Å²) in [7, 11) is 0. The van der Waals surface area contributed by atoms with Gasteiger partial charge < -0.3 is 10.0 Å². The van der Waals surface area contributed by atoms with Crippen LogP contribution in [0.1, 0.15) is 30.1 Å². The molecule has 0 radical (unpaired) electrons. The lowest BCUT2D eigenvalue weighted by atomic mass is 10.3. The first-order chi connectivity index (χ1) is 8.11. The highest BCUT2D eigenvalue weighted by Crippen LogP contribution is 2.27. The van der Waals surface area contributed by atoms with Crippen LogP contribution in [0.15, 0.2) is 12.4 Å². The third-order valence-electron chi connectivity index (χ3n) is 2.76. The predicted molar refractivity (Wildman–Crippen MR) is 59.6 cm³/mol. The second-order valence-corrected chi connectivity index (χ2v) is 4.14. The van der Waals surface area contributed by atoms with Crippen LogP contribution < -0.4 is 0 Å². The van der Waals surface area contributed by atoms with E-state index in [0.717, 1.165) is 12.8 Å². The number of amides is 1. The van der Waals surface area contributed by atoms with Crippen molar-refractivity contribution < 1.29 is 14.7 Å². The topological polar surface area (TPSA) is 75.4 Å². The largest absolute Gasteiger partial charge is 0.480 e. The summed E-state index contributed by atoms with van der Waals surface area (Å²) in [6.45, 7) is 2.38. The fourth-order valence-corrected chi connectivity index (χ4v) is 1.71. The van der Waals surface area contributed by atoms with Crippen LogP contribution >= 0.6 is 0 Å². The van der Waals surface area contributed by atoms with Crippen LogP contribution in [0.2, 0.25) is 0 Å². The number of carboxylic acid groups (broad SMARTS) is 1. The molecule has 1 N–H and O–H groups in total. The van der Waals surface area contributed by atoms with Crippen molar-refractivity contribution in [3.63, 3.8) is 0 Å². The van der Waals surface area contributed by atoms with Gasteiger partial charge in [0.05, 0.1) is 11.8 Å². The standard InChI is InChI=1S/C11H15N3O3/c1-2-13-6-8(5-12-13)11(17)14(7-10(15)16)9-3-4-9/h5-6,9H,2-4,7H2,1H3,(H,15,16). The molecule has 0 bridgehead atoms. The Kier molecular flexibility index (Phi) is 3.12. The molecule has 1 aliphatic carbocycles. The quantitative estimate of drug-likeness (QED) is 0.813. The van der Waals surface area contributed by atoms with Crippen molar-refractivity contribution >= 4 is 11.9 Å². The van der Waals surface area contributed by atoms with Crippen LogP contribution in [0.4, 0.5) is 0 Å². The van der Waals surface area contributed by atoms with E-state index in [1.54, 1.807) is 10.9 Å². The molecule has 1 aromatic heterocycles. The van der Waals surface area contributed by atoms with Gasteiger partial charge in [0.2, 0.25) is 0 Å². The zero-order chi connectivity index (χ0) is 12.4. The molecule has 6 heteroatoms. The molecule has 0 unspecified atom stereocenters. The van der Waals surface area contributed by atoms with Gasteiger partial charge in [-0.05, 0) is 19.8 Å². The molecule has 1 fully saturated rings. The lowest BCUT2D eigenvalue weighted by molar-refractivity contribution is -0.137. The second-order valence-electron chi connectivity index (χ2n) is 4.14. The maximum Gasteiger partial charge on any atom is 0.323 e. The van der Waals surface area contributed by atoms with E-state index in [0.29, 0.717) is 12.1 Å². The first-order valence-electron chi connectivity index (χ1n) is 5.67. The van der Waals surface area contributed by atoms with Gasteiger partial charge in [0.1, 0.15) is 6.54 Å². The first-order valence-corrected chi connectivity index (χ1v) is 5.67. The van der Waals surface area contributed by atoms with Crippen LogP contribution in [0.5, 0.6) is 0 Å². The molecule has 0 aromatic carbocycles. The maximum absolute atomic E-state index is 12.1. The summed E-state index contributed by atoms with van der Waals surface area (Å²) >= 11 is 0. The van der Waals surface area contributed by atoms with Crippen LogP contribution in [-0.4, -0.2) is 44.3 Å². The molecule has 1 heterocycles. The normalized spacial score (nSPS) is 14.6. The number of carboxylic acids is 1. The van der Waals surface area contributed by atoms with Crippen molar-refractivity contribution in [2.45, 2.75) is 32.4 Å². The minimum Gasteiger partial charge on any atom is -0.480 e. The number of carbonyl (C=O) groups excluding carboxylic acids is 1. The van der Waals surface area contributed by atoms with E-state index >= 15 is 0 Å². The summed E-state index contributed by atoms with van der Waals surface area (Å²) in [5.74, 6) is -1.22. The van der Waals surface area contributed by atoms with E-state index in [-0.39, 0.29) is 18.5 Å². The van der Waals surface area contributed by atoms with Crippen LogP contribution in [0.3, 0.4) is 0 Å². The van der Waals surface area contributed by atoms with Gasteiger partial charge in [0, 0.05) is 18.8 Å². The number of aliphatic carboxylic acids is 1. The van der Waals surface area contributed by atoms with E-state index in [2.05, 4.69) is 5.10 Å². The smallest absolute Gasteiger partial charge is 0.323 e. The Labute approximate surface area is 98.8 Å². The molecule has 0 spiro atoms. The van der Waals surface area contributed by atoms with Gasteiger partial charge in [-0.15, -0.1) is 0 Å². The second kappa shape index (κ2) is 4.57. The third kappa shape index (κ3) is 2.64. The maximum atomic E-state index is 12.1. The van der Waals surface area contributed by atoms with Crippen molar-refractivity contribution in [3.05, 3.63) is 18.0 Å². The SMILES string of the molecule is CCn1cc(C(=O)N(CC(=O)O)C2CC2)cn1. The Bertz CT molecular complexity index is 437. The van der Waals surface area contributed by atoms with Gasteiger partial charge in [-0.2, -0.15) is 5.10 Å². The average Bonchev–Trinajstić information content (AvgIpc) is 3.02. The molecule has 1 aromatic rings. The van der Waals surface area contributed by atoms with Crippen molar-refractivity contribution in [3.8, 4) is 0 Å². The Morgan fingerprint density at radius 1 is 1.59 bits per heavy atom.